The molecule has 1 aliphatic carbocycles. The minimum absolute atomic E-state index is 0. The van der Waals surface area contributed by atoms with Gasteiger partial charge in [-0.15, -0.1) is 0 Å². The first-order chi connectivity index (χ1) is 5.61. The summed E-state index contributed by atoms with van der Waals surface area (Å²) in [7, 11) is 0. The Balaban J connectivity index is 0.000000845. The van der Waals surface area contributed by atoms with Crippen LogP contribution in [0.4, 0.5) is 0 Å². The summed E-state index contributed by atoms with van der Waals surface area (Å²) >= 11 is 0. The van der Waals surface area contributed by atoms with E-state index < -0.39 is 0 Å². The van der Waals surface area contributed by atoms with E-state index in [0.717, 1.165) is 0 Å². The first kappa shape index (κ1) is 10.0. The summed E-state index contributed by atoms with van der Waals surface area (Å²) in [6.45, 7) is 6.72. The second kappa shape index (κ2) is 3.02. The van der Waals surface area contributed by atoms with Gasteiger partial charge in [0.15, 0.2) is 0 Å². The third-order valence-corrected chi connectivity index (χ3v) is 2.62. The van der Waals surface area contributed by atoms with Gasteiger partial charge in [0.1, 0.15) is 0 Å². The van der Waals surface area contributed by atoms with Crippen LogP contribution in [0.25, 0.3) is 5.57 Å². The van der Waals surface area contributed by atoms with Crippen LogP contribution in [-0.2, 0) is 5.41 Å². The van der Waals surface area contributed by atoms with Gasteiger partial charge in [-0.3, -0.25) is 0 Å². The Kier molecular flexibility index (Phi) is 2.34. The zero-order valence-corrected chi connectivity index (χ0v) is 7.89. The van der Waals surface area contributed by atoms with Gasteiger partial charge < -0.3 is 0 Å². The Morgan fingerprint density at radius 3 is 2.31 bits per heavy atom. The molecule has 0 fully saturated rings. The molecule has 70 valence electrons. The van der Waals surface area contributed by atoms with E-state index in [1.165, 1.54) is 16.7 Å². The standard InChI is InChI=1S/C12H14.CH4/c1-9-8-12(2,3)11-7-5-4-6-10(9)11;/h4-8H,1-3H3;1H4. The van der Waals surface area contributed by atoms with Crippen LogP contribution < -0.4 is 0 Å². The minimum atomic E-state index is 0. The van der Waals surface area contributed by atoms with Crippen molar-refractivity contribution in [2.24, 2.45) is 0 Å². The lowest BCUT2D eigenvalue weighted by Crippen LogP contribution is -2.10. The predicted molar refractivity (Wildman–Crippen MR) is 59.9 cm³/mol. The highest BCUT2D eigenvalue weighted by Gasteiger charge is 2.26. The predicted octanol–water partition coefficient (Wildman–Crippen LogP) is 4.02. The van der Waals surface area contributed by atoms with Crippen molar-refractivity contribution >= 4 is 5.57 Å². The van der Waals surface area contributed by atoms with E-state index in [0.29, 0.717) is 0 Å². The fourth-order valence-electron chi connectivity index (χ4n) is 2.09. The van der Waals surface area contributed by atoms with Crippen LogP contribution in [0.5, 0.6) is 0 Å². The average molecular weight is 174 g/mol. The SMILES string of the molecule is C.CC1=CC(C)(C)c2ccccc21. The fourth-order valence-corrected chi connectivity index (χ4v) is 2.09. The molecular weight excluding hydrogens is 156 g/mol. The van der Waals surface area contributed by atoms with Gasteiger partial charge in [-0.25, -0.2) is 0 Å². The summed E-state index contributed by atoms with van der Waals surface area (Å²) in [5, 5.41) is 0. The number of fused-ring (bicyclic) bond motifs is 1. The topological polar surface area (TPSA) is 0 Å². The Bertz CT molecular complexity index is 343. The van der Waals surface area contributed by atoms with Crippen LogP contribution >= 0.6 is 0 Å². The van der Waals surface area contributed by atoms with E-state index in [9.17, 15) is 0 Å². The van der Waals surface area contributed by atoms with Gasteiger partial charge in [0, 0.05) is 5.41 Å². The molecule has 0 heterocycles. The number of hydrogen-bond acceptors (Lipinski definition) is 0. The van der Waals surface area contributed by atoms with Crippen LogP contribution in [0.1, 0.15) is 39.3 Å². The van der Waals surface area contributed by atoms with E-state index >= 15 is 0 Å². The molecule has 0 nitrogen and oxygen atoms in total. The molecule has 0 N–H and O–H groups in total. The summed E-state index contributed by atoms with van der Waals surface area (Å²) < 4.78 is 0. The van der Waals surface area contributed by atoms with Gasteiger partial charge in [0.2, 0.25) is 0 Å². The molecule has 0 amide bonds. The number of benzene rings is 1. The third-order valence-electron chi connectivity index (χ3n) is 2.62. The summed E-state index contributed by atoms with van der Waals surface area (Å²) in [6.07, 6.45) is 2.34. The van der Waals surface area contributed by atoms with Crippen molar-refractivity contribution in [1.82, 2.24) is 0 Å². The van der Waals surface area contributed by atoms with Crippen molar-refractivity contribution in [3.8, 4) is 0 Å². The maximum absolute atomic E-state index is 2.34. The molecule has 1 aromatic rings. The van der Waals surface area contributed by atoms with Gasteiger partial charge in [0.05, 0.1) is 0 Å². The first-order valence-corrected chi connectivity index (χ1v) is 4.40. The normalized spacial score (nSPS) is 17.3. The summed E-state index contributed by atoms with van der Waals surface area (Å²) in [5.41, 5.74) is 4.53. The quantitative estimate of drug-likeness (QED) is 0.557. The van der Waals surface area contributed by atoms with Crippen LogP contribution in [0.3, 0.4) is 0 Å². The van der Waals surface area contributed by atoms with E-state index in [-0.39, 0.29) is 12.8 Å². The van der Waals surface area contributed by atoms with Crippen molar-refractivity contribution in [3.63, 3.8) is 0 Å². The van der Waals surface area contributed by atoms with Crippen LogP contribution in [0.15, 0.2) is 30.3 Å². The van der Waals surface area contributed by atoms with Gasteiger partial charge in [-0.2, -0.15) is 0 Å². The van der Waals surface area contributed by atoms with E-state index in [2.05, 4.69) is 51.1 Å². The molecule has 0 radical (unpaired) electrons. The average Bonchev–Trinajstić information content (AvgIpc) is 2.25. The molecular formula is C13H18. The first-order valence-electron chi connectivity index (χ1n) is 4.40. The molecule has 0 heteroatoms. The van der Waals surface area contributed by atoms with E-state index in [1.807, 2.05) is 0 Å². The smallest absolute Gasteiger partial charge is 0.00872 e. The Morgan fingerprint density at radius 2 is 1.69 bits per heavy atom. The molecule has 0 saturated carbocycles. The van der Waals surface area contributed by atoms with Gasteiger partial charge in [-0.1, -0.05) is 51.6 Å². The lowest BCUT2D eigenvalue weighted by atomic mass is 9.87. The second-order valence-electron chi connectivity index (χ2n) is 4.09. The molecule has 1 aliphatic rings. The van der Waals surface area contributed by atoms with E-state index in [4.69, 9.17) is 0 Å². The molecule has 0 saturated heterocycles. The highest BCUT2D eigenvalue weighted by atomic mass is 14.3. The number of rotatable bonds is 0. The lowest BCUT2D eigenvalue weighted by Gasteiger charge is -2.16. The van der Waals surface area contributed by atoms with Crippen molar-refractivity contribution in [3.05, 3.63) is 41.5 Å². The van der Waals surface area contributed by atoms with Gasteiger partial charge >= 0.3 is 0 Å². The Hall–Kier alpha value is -1.04. The van der Waals surface area contributed by atoms with E-state index in [1.54, 1.807) is 0 Å². The van der Waals surface area contributed by atoms with Crippen molar-refractivity contribution in [2.45, 2.75) is 33.6 Å². The molecule has 0 aromatic heterocycles. The van der Waals surface area contributed by atoms with Gasteiger partial charge in [-0.05, 0) is 23.6 Å². The molecule has 2 rings (SSSR count). The molecule has 0 spiro atoms. The van der Waals surface area contributed by atoms with Crippen LogP contribution in [0, 0.1) is 0 Å². The zero-order chi connectivity index (χ0) is 8.77. The minimum Gasteiger partial charge on any atom is -0.0776 e. The molecule has 13 heavy (non-hydrogen) atoms. The second-order valence-corrected chi connectivity index (χ2v) is 4.09. The van der Waals surface area contributed by atoms with Crippen molar-refractivity contribution < 1.29 is 0 Å². The number of hydrogen-bond donors (Lipinski definition) is 0. The molecule has 0 unspecified atom stereocenters. The van der Waals surface area contributed by atoms with Crippen LogP contribution in [0.2, 0.25) is 0 Å². The summed E-state index contributed by atoms with van der Waals surface area (Å²) in [6, 6.07) is 8.66. The molecule has 0 bridgehead atoms. The highest BCUT2D eigenvalue weighted by Crippen LogP contribution is 2.39. The maximum atomic E-state index is 2.34. The van der Waals surface area contributed by atoms with Crippen molar-refractivity contribution in [2.75, 3.05) is 0 Å². The zero-order valence-electron chi connectivity index (χ0n) is 7.89. The van der Waals surface area contributed by atoms with Crippen LogP contribution in [-0.4, -0.2) is 0 Å². The fraction of sp³-hybridized carbons (Fsp3) is 0.385. The summed E-state index contributed by atoms with van der Waals surface area (Å²) in [5.74, 6) is 0. The lowest BCUT2D eigenvalue weighted by molar-refractivity contribution is 0.683. The maximum Gasteiger partial charge on any atom is 0.00872 e. The third kappa shape index (κ3) is 1.41. The van der Waals surface area contributed by atoms with Crippen molar-refractivity contribution in [1.29, 1.82) is 0 Å². The highest BCUT2D eigenvalue weighted by molar-refractivity contribution is 5.74. The molecule has 1 aromatic carbocycles. The Morgan fingerprint density at radius 1 is 1.08 bits per heavy atom. The Labute approximate surface area is 81.3 Å². The summed E-state index contributed by atoms with van der Waals surface area (Å²) in [4.78, 5) is 0. The largest absolute Gasteiger partial charge is 0.0776 e. The monoisotopic (exact) mass is 174 g/mol. The van der Waals surface area contributed by atoms with Gasteiger partial charge in [0.25, 0.3) is 0 Å². The molecule has 0 aliphatic heterocycles. The molecule has 0 atom stereocenters. The number of allylic oxidation sites excluding steroid dienone is 2.